The summed E-state index contributed by atoms with van der Waals surface area (Å²) in [6, 6.07) is 2.97. The second-order valence-corrected chi connectivity index (χ2v) is 13.9. The number of benzene rings is 1. The second-order valence-electron chi connectivity index (χ2n) is 8.75. The fourth-order valence-electron chi connectivity index (χ4n) is 3.60. The molecule has 3 rings (SSSR count). The monoisotopic (exact) mass is 644 g/mol. The van der Waals surface area contributed by atoms with Crippen LogP contribution in [0, 0.1) is 73.0 Å². The van der Waals surface area contributed by atoms with E-state index in [1.54, 1.807) is 13.8 Å². The number of halogens is 4. The third-order valence-corrected chi connectivity index (χ3v) is 7.35. The maximum absolute atomic E-state index is 9.11. The molecule has 8 heteroatoms. The molecule has 2 aliphatic rings. The van der Waals surface area contributed by atoms with E-state index in [2.05, 4.69) is 69.2 Å². The van der Waals surface area contributed by atoms with Crippen molar-refractivity contribution < 1.29 is 44.3 Å². The predicted octanol–water partition coefficient (Wildman–Crippen LogP) is 10.4. The normalized spacial score (nSPS) is 19.3. The van der Waals surface area contributed by atoms with Crippen LogP contribution < -0.4 is 0 Å². The van der Waals surface area contributed by atoms with E-state index in [0.29, 0.717) is 0 Å². The van der Waals surface area contributed by atoms with Crippen molar-refractivity contribution in [1.29, 1.82) is 0 Å². The Kier molecular flexibility index (Phi) is 22.3. The van der Waals surface area contributed by atoms with Gasteiger partial charge in [0.1, 0.15) is 11.5 Å². The van der Waals surface area contributed by atoms with Gasteiger partial charge in [-0.2, -0.15) is 0 Å². The molecule has 0 unspecified atom stereocenters. The first-order chi connectivity index (χ1) is 16.6. The summed E-state index contributed by atoms with van der Waals surface area (Å²) in [6.07, 6.45) is 0. The number of phenols is 2. The Hall–Kier alpha value is 1.41. The van der Waals surface area contributed by atoms with E-state index in [1.165, 1.54) is 71.3 Å². The van der Waals surface area contributed by atoms with Gasteiger partial charge in [0.25, 0.3) is 0 Å². The van der Waals surface area contributed by atoms with Gasteiger partial charge < -0.3 is 10.2 Å². The molecule has 1 aromatic rings. The summed E-state index contributed by atoms with van der Waals surface area (Å²) in [5, 5.41) is 18.2. The van der Waals surface area contributed by atoms with Crippen LogP contribution in [0.1, 0.15) is 80.4 Å². The van der Waals surface area contributed by atoms with E-state index in [-0.39, 0.29) is 11.5 Å². The fraction of sp³-hybridized carbons (Fsp3) is 0.429. The van der Waals surface area contributed by atoms with Gasteiger partial charge in [0, 0.05) is 0 Å². The van der Waals surface area contributed by atoms with Crippen molar-refractivity contribution in [2.45, 2.75) is 83.1 Å². The van der Waals surface area contributed by atoms with Crippen molar-refractivity contribution in [3.63, 3.8) is 0 Å². The van der Waals surface area contributed by atoms with Crippen LogP contribution in [-0.4, -0.2) is 10.2 Å². The maximum atomic E-state index is 9.11. The first-order valence-corrected chi connectivity index (χ1v) is 20.0. The number of hydrogen-bond donors (Lipinski definition) is 2. The van der Waals surface area contributed by atoms with Gasteiger partial charge in [0.05, 0.1) is 0 Å². The Balaban J connectivity index is 0. The third kappa shape index (κ3) is 12.3. The van der Waals surface area contributed by atoms with Crippen LogP contribution in [0.4, 0.5) is 0 Å². The number of rotatable bonds is 0. The average molecular weight is 646 g/mol. The van der Waals surface area contributed by atoms with Crippen LogP contribution in [0.5, 0.6) is 11.5 Å². The van der Waals surface area contributed by atoms with Crippen LogP contribution >= 0.6 is 37.2 Å². The van der Waals surface area contributed by atoms with Crippen molar-refractivity contribution in [3.8, 4) is 11.5 Å². The van der Waals surface area contributed by atoms with Crippen LogP contribution in [-0.2, 0) is 34.1 Å². The Labute approximate surface area is 256 Å². The molecule has 0 heterocycles. The molecule has 2 fully saturated rings. The van der Waals surface area contributed by atoms with E-state index < -0.39 is 34.1 Å². The number of phenolic OH excluding ortho intramolecular Hbond substituents is 2. The second kappa shape index (κ2) is 20.3. The Morgan fingerprint density at radius 2 is 0.500 bits per heavy atom. The molecule has 2 aliphatic carbocycles. The Bertz CT molecular complexity index is 576. The molecule has 200 valence electrons. The molecule has 10 radical (unpaired) electrons. The first-order valence-electron chi connectivity index (χ1n) is 11.4. The molecule has 0 bridgehead atoms. The zero-order chi connectivity index (χ0) is 28.9. The quantitative estimate of drug-likeness (QED) is 0.218. The van der Waals surface area contributed by atoms with Crippen molar-refractivity contribution in [2.24, 2.45) is 0 Å². The molecule has 0 saturated heterocycles. The minimum absolute atomic E-state index is 0.232. The van der Waals surface area contributed by atoms with Gasteiger partial charge in [0.2, 0.25) is 0 Å². The summed E-state index contributed by atoms with van der Waals surface area (Å²) < 4.78 is 0. The topological polar surface area (TPSA) is 40.5 Å². The molecular weight excluding hydrogens is 606 g/mol. The first kappa shape index (κ1) is 39.6. The van der Waals surface area contributed by atoms with Gasteiger partial charge in [-0.1, -0.05) is 69.2 Å². The molecule has 0 aromatic heterocycles. The number of hydrogen-bond acceptors (Lipinski definition) is 2. The van der Waals surface area contributed by atoms with Crippen molar-refractivity contribution >= 4 is 37.2 Å². The molecule has 2 N–H and O–H groups in total. The van der Waals surface area contributed by atoms with Gasteiger partial charge in [0.15, 0.2) is 0 Å². The third-order valence-electron chi connectivity index (χ3n) is 7.35. The van der Waals surface area contributed by atoms with E-state index in [0.717, 1.165) is 11.1 Å². The van der Waals surface area contributed by atoms with E-state index >= 15 is 0 Å². The van der Waals surface area contributed by atoms with Gasteiger partial charge in [-0.05, 0) is 96.3 Å². The van der Waals surface area contributed by atoms with Crippen LogP contribution in [0.15, 0.2) is 12.1 Å². The minimum atomic E-state index is -0.556. The zero-order valence-corrected chi connectivity index (χ0v) is 29.7. The molecule has 0 spiro atoms. The molecule has 0 atom stereocenters. The molecule has 1 aromatic carbocycles. The Morgan fingerprint density at radius 1 is 0.389 bits per heavy atom. The van der Waals surface area contributed by atoms with Gasteiger partial charge >= 0.3 is 71.3 Å². The summed E-state index contributed by atoms with van der Waals surface area (Å²) >= 11 is -1.11. The summed E-state index contributed by atoms with van der Waals surface area (Å²) in [7, 11) is 19.6. The fourth-order valence-corrected chi connectivity index (χ4v) is 3.60. The van der Waals surface area contributed by atoms with Gasteiger partial charge in [-0.15, -0.1) is 0 Å². The van der Waals surface area contributed by atoms with Crippen molar-refractivity contribution in [2.75, 3.05) is 0 Å². The van der Waals surface area contributed by atoms with E-state index in [9.17, 15) is 0 Å². The van der Waals surface area contributed by atoms with Crippen molar-refractivity contribution in [3.05, 3.63) is 82.4 Å². The van der Waals surface area contributed by atoms with E-state index in [4.69, 9.17) is 47.4 Å². The summed E-state index contributed by atoms with van der Waals surface area (Å²) in [5.74, 6) is 15.1. The zero-order valence-electron chi connectivity index (χ0n) is 23.6. The summed E-state index contributed by atoms with van der Waals surface area (Å²) in [5.41, 5.74) is 1.47. The Morgan fingerprint density at radius 3 is 0.611 bits per heavy atom. The van der Waals surface area contributed by atoms with Crippen molar-refractivity contribution in [1.82, 2.24) is 0 Å². The molecule has 0 aliphatic heterocycles. The summed E-state index contributed by atoms with van der Waals surface area (Å²) in [6.45, 7) is 25.5. The van der Waals surface area contributed by atoms with Gasteiger partial charge in [-0.3, -0.25) is 0 Å². The summed E-state index contributed by atoms with van der Waals surface area (Å²) in [4.78, 5) is 0. The van der Waals surface area contributed by atoms with Crippen LogP contribution in [0.3, 0.4) is 0 Å². The number of aromatic hydroxyl groups is 2. The molecule has 2 saturated carbocycles. The van der Waals surface area contributed by atoms with Crippen LogP contribution in [0.25, 0.3) is 0 Å². The molecule has 2 nitrogen and oxygen atoms in total. The SMILES string of the molecule is C[C]1[C](C)[C](C)[C](C)[C]1C.C[C]1[C](C)[C](C)[C](C)[C]1C.Cc1c(O)ccc(O)c1C.[Cl][Ti][Cl].[Cl][Ti][Cl]. The molecule has 36 heavy (non-hydrogen) atoms. The van der Waals surface area contributed by atoms with Crippen LogP contribution in [0.2, 0.25) is 0 Å². The predicted molar refractivity (Wildman–Crippen MR) is 152 cm³/mol. The van der Waals surface area contributed by atoms with E-state index in [1.807, 2.05) is 0 Å². The average Bonchev–Trinajstić information content (AvgIpc) is 3.12. The molecular formula is C28H40Cl4O2Ti2. The standard InChI is InChI=1S/2C10H15.C8H10O2.4ClH.2Ti/c2*1-6-7(2)9(4)10(5)8(6)3;1-5-6(2)8(10)4-3-7(5)9;;;;;;/h2*1-5H3;3-4,9-10H,1-2H3;4*1H;;/q;;;;;;;2*+2/p-4. The molecule has 0 amide bonds. The van der Waals surface area contributed by atoms with Gasteiger partial charge in [-0.25, -0.2) is 0 Å².